The van der Waals surface area contributed by atoms with Gasteiger partial charge < -0.3 is 10.2 Å². The minimum absolute atomic E-state index is 0.109. The van der Waals surface area contributed by atoms with Crippen molar-refractivity contribution in [1.29, 1.82) is 0 Å². The first-order valence-corrected chi connectivity index (χ1v) is 9.98. The molecule has 142 valence electrons. The zero-order chi connectivity index (χ0) is 19.2. The fourth-order valence-electron chi connectivity index (χ4n) is 3.57. The van der Waals surface area contributed by atoms with Crippen LogP contribution in [0.15, 0.2) is 54.6 Å². The summed E-state index contributed by atoms with van der Waals surface area (Å²) in [5.41, 5.74) is 4.40. The lowest BCUT2D eigenvalue weighted by molar-refractivity contribution is -0.111. The van der Waals surface area contributed by atoms with Crippen molar-refractivity contribution in [3.63, 3.8) is 0 Å². The van der Waals surface area contributed by atoms with Crippen LogP contribution in [0.1, 0.15) is 57.1 Å². The Kier molecular flexibility index (Phi) is 6.33. The van der Waals surface area contributed by atoms with Gasteiger partial charge >= 0.3 is 0 Å². The number of piperidine rings is 1. The molecule has 1 fully saturated rings. The van der Waals surface area contributed by atoms with Crippen LogP contribution in [0, 0.1) is 0 Å². The number of hydrogen-bond acceptors (Lipinski definition) is 2. The lowest BCUT2D eigenvalue weighted by atomic mass is 10.0. The van der Waals surface area contributed by atoms with Crippen LogP contribution in [-0.4, -0.2) is 18.5 Å². The Morgan fingerprint density at radius 1 is 1.07 bits per heavy atom. The molecule has 0 bridgehead atoms. The topological polar surface area (TPSA) is 32.3 Å². The van der Waals surface area contributed by atoms with Gasteiger partial charge in [-0.3, -0.25) is 4.79 Å². The molecule has 3 heteroatoms. The Bertz CT molecular complexity index is 775. The van der Waals surface area contributed by atoms with Crippen LogP contribution < -0.4 is 10.2 Å². The van der Waals surface area contributed by atoms with Crippen molar-refractivity contribution in [2.45, 2.75) is 52.0 Å². The number of anilines is 2. The first kappa shape index (κ1) is 19.2. The van der Waals surface area contributed by atoms with E-state index in [-0.39, 0.29) is 5.91 Å². The Balaban J connectivity index is 1.57. The molecule has 1 saturated heterocycles. The fraction of sp³-hybridized carbons (Fsp3) is 0.375. The van der Waals surface area contributed by atoms with Gasteiger partial charge in [-0.2, -0.15) is 0 Å². The van der Waals surface area contributed by atoms with E-state index in [2.05, 4.69) is 55.3 Å². The summed E-state index contributed by atoms with van der Waals surface area (Å²) >= 11 is 0. The number of rotatable bonds is 5. The van der Waals surface area contributed by atoms with E-state index in [4.69, 9.17) is 0 Å². The molecule has 1 aliphatic rings. The highest BCUT2D eigenvalue weighted by Crippen LogP contribution is 2.25. The van der Waals surface area contributed by atoms with Crippen molar-refractivity contribution in [2.24, 2.45) is 0 Å². The number of hydrogen-bond donors (Lipinski definition) is 1. The average Bonchev–Trinajstić information content (AvgIpc) is 2.68. The number of carbonyl (C=O) groups excluding carboxylic acids is 1. The lowest BCUT2D eigenvalue weighted by Gasteiger charge is -2.35. The van der Waals surface area contributed by atoms with E-state index in [1.807, 2.05) is 30.3 Å². The van der Waals surface area contributed by atoms with Gasteiger partial charge in [0.1, 0.15) is 0 Å². The lowest BCUT2D eigenvalue weighted by Crippen LogP contribution is -2.37. The van der Waals surface area contributed by atoms with E-state index in [1.165, 1.54) is 30.5 Å². The van der Waals surface area contributed by atoms with Crippen molar-refractivity contribution >= 4 is 23.4 Å². The maximum Gasteiger partial charge on any atom is 0.248 e. The van der Waals surface area contributed by atoms with E-state index in [9.17, 15) is 4.79 Å². The molecule has 0 aliphatic carbocycles. The minimum Gasteiger partial charge on any atom is -0.369 e. The molecule has 0 aromatic heterocycles. The summed E-state index contributed by atoms with van der Waals surface area (Å²) in [5, 5.41) is 2.94. The Morgan fingerprint density at radius 3 is 2.41 bits per heavy atom. The number of amides is 1. The van der Waals surface area contributed by atoms with Gasteiger partial charge in [0.25, 0.3) is 0 Å². The summed E-state index contributed by atoms with van der Waals surface area (Å²) in [6.07, 6.45) is 7.26. The van der Waals surface area contributed by atoms with E-state index >= 15 is 0 Å². The van der Waals surface area contributed by atoms with Crippen molar-refractivity contribution in [3.8, 4) is 0 Å². The molecule has 0 spiro atoms. The van der Waals surface area contributed by atoms with Crippen LogP contribution in [-0.2, 0) is 4.79 Å². The zero-order valence-corrected chi connectivity index (χ0v) is 16.6. The third-order valence-corrected chi connectivity index (χ3v) is 5.30. The monoisotopic (exact) mass is 362 g/mol. The second-order valence-electron chi connectivity index (χ2n) is 7.73. The van der Waals surface area contributed by atoms with Crippen LogP contribution in [0.3, 0.4) is 0 Å². The van der Waals surface area contributed by atoms with Crippen LogP contribution in [0.2, 0.25) is 0 Å². The number of carbonyl (C=O) groups is 1. The molecule has 1 aliphatic heterocycles. The molecule has 3 rings (SSSR count). The van der Waals surface area contributed by atoms with Gasteiger partial charge in [0, 0.05) is 30.0 Å². The van der Waals surface area contributed by atoms with Crippen LogP contribution in [0.25, 0.3) is 6.08 Å². The number of benzene rings is 2. The number of nitrogens with zero attached hydrogens (tertiary/aromatic N) is 1. The largest absolute Gasteiger partial charge is 0.369 e. The predicted octanol–water partition coefficient (Wildman–Crippen LogP) is 5.84. The molecule has 1 N–H and O–H groups in total. The Labute approximate surface area is 163 Å². The summed E-state index contributed by atoms with van der Waals surface area (Å²) in [4.78, 5) is 14.6. The van der Waals surface area contributed by atoms with Crippen molar-refractivity contribution in [2.75, 3.05) is 16.8 Å². The summed E-state index contributed by atoms with van der Waals surface area (Å²) in [6.45, 7) is 7.75. The number of nitrogens with one attached hydrogen (secondary N) is 1. The van der Waals surface area contributed by atoms with Gasteiger partial charge in [0.2, 0.25) is 5.91 Å². The fourth-order valence-corrected chi connectivity index (χ4v) is 3.57. The molecule has 27 heavy (non-hydrogen) atoms. The first-order chi connectivity index (χ1) is 13.0. The molecule has 0 saturated carbocycles. The van der Waals surface area contributed by atoms with Crippen LogP contribution in [0.5, 0.6) is 0 Å². The molecule has 2 aromatic rings. The van der Waals surface area contributed by atoms with Gasteiger partial charge in [0.15, 0.2) is 0 Å². The summed E-state index contributed by atoms with van der Waals surface area (Å²) in [7, 11) is 0. The SMILES string of the molecule is CC(C)c1ccc(/C=C/C(=O)Nc2ccc(N3CCCC[C@@H]3C)cc2)cc1. The van der Waals surface area contributed by atoms with E-state index in [1.54, 1.807) is 6.08 Å². The van der Waals surface area contributed by atoms with Crippen molar-refractivity contribution < 1.29 is 4.79 Å². The smallest absolute Gasteiger partial charge is 0.248 e. The van der Waals surface area contributed by atoms with Gasteiger partial charge in [-0.15, -0.1) is 0 Å². The molecule has 0 radical (unpaired) electrons. The molecule has 2 aromatic carbocycles. The summed E-state index contributed by atoms with van der Waals surface area (Å²) < 4.78 is 0. The third-order valence-electron chi connectivity index (χ3n) is 5.30. The second kappa shape index (κ2) is 8.90. The standard InChI is InChI=1S/C24H30N2O/c1-18(2)21-10-7-20(8-11-21)9-16-24(27)25-22-12-14-23(15-13-22)26-17-5-4-6-19(26)3/h7-16,18-19H,4-6,17H2,1-3H3,(H,25,27)/b16-9+/t19-/m0/s1. The summed E-state index contributed by atoms with van der Waals surface area (Å²) in [5.74, 6) is 0.407. The van der Waals surface area contributed by atoms with Gasteiger partial charge in [0.05, 0.1) is 0 Å². The molecule has 1 heterocycles. The Hall–Kier alpha value is -2.55. The van der Waals surface area contributed by atoms with Crippen LogP contribution >= 0.6 is 0 Å². The molecule has 3 nitrogen and oxygen atoms in total. The van der Waals surface area contributed by atoms with E-state index < -0.39 is 0 Å². The van der Waals surface area contributed by atoms with Crippen molar-refractivity contribution in [1.82, 2.24) is 0 Å². The normalized spacial score (nSPS) is 17.5. The van der Waals surface area contributed by atoms with Crippen LogP contribution in [0.4, 0.5) is 11.4 Å². The Morgan fingerprint density at radius 2 is 1.78 bits per heavy atom. The first-order valence-electron chi connectivity index (χ1n) is 9.98. The zero-order valence-electron chi connectivity index (χ0n) is 16.6. The molecule has 1 atom stereocenters. The van der Waals surface area contributed by atoms with Gasteiger partial charge in [-0.25, -0.2) is 0 Å². The molecular weight excluding hydrogens is 332 g/mol. The van der Waals surface area contributed by atoms with E-state index in [0.29, 0.717) is 12.0 Å². The maximum atomic E-state index is 12.2. The van der Waals surface area contributed by atoms with Gasteiger partial charge in [-0.1, -0.05) is 38.1 Å². The third kappa shape index (κ3) is 5.22. The van der Waals surface area contributed by atoms with Gasteiger partial charge in [-0.05, 0) is 73.6 Å². The minimum atomic E-state index is -0.109. The molecule has 0 unspecified atom stereocenters. The van der Waals surface area contributed by atoms with Crippen molar-refractivity contribution in [3.05, 3.63) is 65.7 Å². The maximum absolute atomic E-state index is 12.2. The molecular formula is C24H30N2O. The highest BCUT2D eigenvalue weighted by atomic mass is 16.1. The highest BCUT2D eigenvalue weighted by molar-refractivity contribution is 6.02. The predicted molar refractivity (Wildman–Crippen MR) is 115 cm³/mol. The second-order valence-corrected chi connectivity index (χ2v) is 7.73. The van der Waals surface area contributed by atoms with E-state index in [0.717, 1.165) is 17.8 Å². The molecule has 1 amide bonds. The highest BCUT2D eigenvalue weighted by Gasteiger charge is 2.18. The quantitative estimate of drug-likeness (QED) is 0.678. The average molecular weight is 363 g/mol. The summed E-state index contributed by atoms with van der Waals surface area (Å²) in [6, 6.07) is 17.1.